The highest BCUT2D eigenvalue weighted by Gasteiger charge is 2.49. The molecule has 2 aliphatic rings. The summed E-state index contributed by atoms with van der Waals surface area (Å²) in [5.74, 6) is 0.784. The maximum Gasteiger partial charge on any atom is 0.261 e. The lowest BCUT2D eigenvalue weighted by Crippen LogP contribution is -2.34. The molecule has 6 heteroatoms. The standard InChI is InChI=1S/C36H44N2O2S2/c1-5-9-15-25(7-3)23-37-33(29-19-14-22-41-29)31-32(36(37)40)34(38(35(31)39)24-26(8-4)16-10-6-2)30-21-20-28(42-30)27-17-12-11-13-18-27/h11-14,17-22,25-26H,5-10,15-16,23-24H2,1-4H3. The monoisotopic (exact) mass is 600 g/mol. The summed E-state index contributed by atoms with van der Waals surface area (Å²) in [6, 6.07) is 18.7. The van der Waals surface area contributed by atoms with Crippen LogP contribution in [0.15, 0.2) is 71.1 Å². The van der Waals surface area contributed by atoms with Crippen LogP contribution in [0.2, 0.25) is 0 Å². The zero-order valence-electron chi connectivity index (χ0n) is 25.5. The Labute approximate surface area is 259 Å². The van der Waals surface area contributed by atoms with Gasteiger partial charge >= 0.3 is 0 Å². The normalized spacial score (nSPS) is 16.7. The molecule has 0 aliphatic carbocycles. The summed E-state index contributed by atoms with van der Waals surface area (Å²) in [4.78, 5) is 36.2. The molecular formula is C36H44N2O2S2. The van der Waals surface area contributed by atoms with Gasteiger partial charge in [0, 0.05) is 18.0 Å². The number of benzene rings is 1. The van der Waals surface area contributed by atoms with Crippen LogP contribution >= 0.6 is 22.7 Å². The fourth-order valence-corrected chi connectivity index (χ4v) is 8.10. The van der Waals surface area contributed by atoms with Gasteiger partial charge in [0.15, 0.2) is 0 Å². The van der Waals surface area contributed by atoms with Crippen molar-refractivity contribution in [1.82, 2.24) is 9.80 Å². The van der Waals surface area contributed by atoms with E-state index in [1.54, 1.807) is 22.7 Å². The van der Waals surface area contributed by atoms with Crippen LogP contribution in [0.25, 0.3) is 21.8 Å². The molecule has 1 aromatic carbocycles. The summed E-state index contributed by atoms with van der Waals surface area (Å²) >= 11 is 3.30. The Morgan fingerprint density at radius 1 is 0.643 bits per heavy atom. The Morgan fingerprint density at radius 2 is 1.19 bits per heavy atom. The van der Waals surface area contributed by atoms with Crippen molar-refractivity contribution in [3.63, 3.8) is 0 Å². The molecule has 42 heavy (non-hydrogen) atoms. The van der Waals surface area contributed by atoms with Crippen LogP contribution in [0.3, 0.4) is 0 Å². The molecule has 0 saturated carbocycles. The van der Waals surface area contributed by atoms with E-state index in [0.29, 0.717) is 36.1 Å². The minimum atomic E-state index is -0.00883. The number of unbranched alkanes of at least 4 members (excludes halogenated alkanes) is 2. The van der Waals surface area contributed by atoms with Gasteiger partial charge in [0.05, 0.1) is 32.3 Å². The lowest BCUT2D eigenvalue weighted by Gasteiger charge is -2.29. The SMILES string of the molecule is CCCCC(CC)CN1C(=O)C2=C(c3ccc(-c4ccccc4)s3)N(CC(CC)CCCC)C(=O)C2=C1c1cccs1. The molecule has 2 aromatic heterocycles. The summed E-state index contributed by atoms with van der Waals surface area (Å²) in [6.07, 6.45) is 8.80. The molecule has 0 saturated heterocycles. The number of hydrogen-bond acceptors (Lipinski definition) is 4. The fourth-order valence-electron chi connectivity index (χ4n) is 6.24. The molecule has 5 rings (SSSR count). The molecule has 3 aromatic rings. The third-order valence-electron chi connectivity index (χ3n) is 8.80. The van der Waals surface area contributed by atoms with Crippen LogP contribution in [0.5, 0.6) is 0 Å². The molecule has 2 atom stereocenters. The molecular weight excluding hydrogens is 557 g/mol. The Kier molecular flexibility index (Phi) is 10.2. The Bertz CT molecular complexity index is 1430. The number of amides is 2. The molecule has 0 N–H and O–H groups in total. The van der Waals surface area contributed by atoms with E-state index in [2.05, 4.69) is 70.2 Å². The summed E-state index contributed by atoms with van der Waals surface area (Å²) in [5, 5.41) is 2.04. The van der Waals surface area contributed by atoms with E-state index >= 15 is 0 Å². The van der Waals surface area contributed by atoms with Gasteiger partial charge in [0.1, 0.15) is 0 Å². The van der Waals surface area contributed by atoms with Crippen molar-refractivity contribution < 1.29 is 9.59 Å². The molecule has 4 heterocycles. The molecule has 0 radical (unpaired) electrons. The summed E-state index contributed by atoms with van der Waals surface area (Å²) in [6.45, 7) is 10.2. The minimum Gasteiger partial charge on any atom is -0.306 e. The van der Waals surface area contributed by atoms with Crippen molar-refractivity contribution in [1.29, 1.82) is 0 Å². The average molecular weight is 601 g/mol. The van der Waals surface area contributed by atoms with Gasteiger partial charge in [-0.15, -0.1) is 22.7 Å². The van der Waals surface area contributed by atoms with Crippen LogP contribution in [0.1, 0.15) is 88.8 Å². The molecule has 222 valence electrons. The van der Waals surface area contributed by atoms with Gasteiger partial charge in [-0.2, -0.15) is 0 Å². The first kappa shape index (κ1) is 30.5. The van der Waals surface area contributed by atoms with Crippen molar-refractivity contribution in [3.05, 3.63) is 80.9 Å². The average Bonchev–Trinajstić information content (AvgIpc) is 3.81. The Hall–Kier alpha value is -2.96. The van der Waals surface area contributed by atoms with Crippen molar-refractivity contribution in [2.24, 2.45) is 11.8 Å². The maximum absolute atomic E-state index is 14.6. The van der Waals surface area contributed by atoms with Gasteiger partial charge in [-0.1, -0.05) is 103 Å². The van der Waals surface area contributed by atoms with Crippen molar-refractivity contribution in [3.8, 4) is 10.4 Å². The lowest BCUT2D eigenvalue weighted by atomic mass is 9.98. The largest absolute Gasteiger partial charge is 0.306 e. The van der Waals surface area contributed by atoms with E-state index in [4.69, 9.17) is 0 Å². The third kappa shape index (κ3) is 6.07. The van der Waals surface area contributed by atoms with E-state index < -0.39 is 0 Å². The highest BCUT2D eigenvalue weighted by Crippen LogP contribution is 2.49. The Morgan fingerprint density at radius 3 is 1.69 bits per heavy atom. The van der Waals surface area contributed by atoms with E-state index in [1.165, 1.54) is 0 Å². The van der Waals surface area contributed by atoms with E-state index in [-0.39, 0.29) is 11.8 Å². The van der Waals surface area contributed by atoms with E-state index in [0.717, 1.165) is 83.0 Å². The van der Waals surface area contributed by atoms with Crippen LogP contribution < -0.4 is 0 Å². The fraction of sp³-hybridized carbons (Fsp3) is 0.444. The molecule has 2 amide bonds. The number of hydrogen-bond donors (Lipinski definition) is 0. The predicted octanol–water partition coefficient (Wildman–Crippen LogP) is 9.72. The summed E-state index contributed by atoms with van der Waals surface area (Å²) < 4.78 is 0. The number of rotatable bonds is 15. The van der Waals surface area contributed by atoms with Crippen molar-refractivity contribution in [2.75, 3.05) is 13.1 Å². The lowest BCUT2D eigenvalue weighted by molar-refractivity contribution is -0.124. The first-order valence-electron chi connectivity index (χ1n) is 15.8. The van der Waals surface area contributed by atoms with Gasteiger partial charge < -0.3 is 9.80 Å². The van der Waals surface area contributed by atoms with Gasteiger partial charge in [0.25, 0.3) is 11.8 Å². The molecule has 0 fully saturated rings. The smallest absolute Gasteiger partial charge is 0.261 e. The zero-order chi connectivity index (χ0) is 29.6. The van der Waals surface area contributed by atoms with Gasteiger partial charge in [-0.25, -0.2) is 0 Å². The molecule has 2 aliphatic heterocycles. The van der Waals surface area contributed by atoms with Crippen LogP contribution in [0, 0.1) is 11.8 Å². The van der Waals surface area contributed by atoms with Crippen LogP contribution in [0.4, 0.5) is 0 Å². The van der Waals surface area contributed by atoms with Crippen molar-refractivity contribution in [2.45, 2.75) is 79.1 Å². The van der Waals surface area contributed by atoms with Crippen LogP contribution in [-0.2, 0) is 9.59 Å². The van der Waals surface area contributed by atoms with Gasteiger partial charge in [-0.05, 0) is 53.8 Å². The zero-order valence-corrected chi connectivity index (χ0v) is 27.2. The summed E-state index contributed by atoms with van der Waals surface area (Å²) in [7, 11) is 0. The molecule has 4 nitrogen and oxygen atoms in total. The van der Waals surface area contributed by atoms with E-state index in [1.807, 2.05) is 27.3 Å². The molecule has 0 spiro atoms. The maximum atomic E-state index is 14.6. The number of fused-ring (bicyclic) bond motifs is 1. The second-order valence-electron chi connectivity index (χ2n) is 11.6. The van der Waals surface area contributed by atoms with Gasteiger partial charge in [-0.3, -0.25) is 9.59 Å². The molecule has 0 bridgehead atoms. The second-order valence-corrected chi connectivity index (χ2v) is 13.7. The first-order valence-corrected chi connectivity index (χ1v) is 17.5. The number of carbonyl (C=O) groups excluding carboxylic acids is 2. The second kappa shape index (κ2) is 14.0. The number of thiophene rings is 2. The topological polar surface area (TPSA) is 40.6 Å². The minimum absolute atomic E-state index is 0.00883. The summed E-state index contributed by atoms with van der Waals surface area (Å²) in [5.41, 5.74) is 4.02. The van der Waals surface area contributed by atoms with Crippen LogP contribution in [-0.4, -0.2) is 34.7 Å². The third-order valence-corrected chi connectivity index (χ3v) is 10.8. The number of nitrogens with zero attached hydrogens (tertiary/aromatic N) is 2. The predicted molar refractivity (Wildman–Crippen MR) is 178 cm³/mol. The van der Waals surface area contributed by atoms with E-state index in [9.17, 15) is 9.59 Å². The Balaban J connectivity index is 1.64. The quantitative estimate of drug-likeness (QED) is 0.174. The molecule has 2 unspecified atom stereocenters. The van der Waals surface area contributed by atoms with Gasteiger partial charge in [0.2, 0.25) is 0 Å². The first-order chi connectivity index (χ1) is 20.5. The number of carbonyl (C=O) groups is 2. The van der Waals surface area contributed by atoms with Crippen molar-refractivity contribution >= 4 is 45.9 Å². The highest BCUT2D eigenvalue weighted by atomic mass is 32.1. The highest BCUT2D eigenvalue weighted by molar-refractivity contribution is 7.16.